The molecule has 0 spiro atoms. The van der Waals surface area contributed by atoms with Crippen molar-refractivity contribution in [3.8, 4) is 0 Å². The molecule has 0 amide bonds. The third-order valence-corrected chi connectivity index (χ3v) is 0. The molecule has 0 rings (SSSR count). The zero-order chi connectivity index (χ0) is 0. The Kier molecular flexibility index (Phi) is 979. The maximum Gasteiger partial charge on any atom is 4.00 e. The number of hydrogen-bond donors (Lipinski definition) is 0. The summed E-state index contributed by atoms with van der Waals surface area (Å²) in [6, 6.07) is 0. The summed E-state index contributed by atoms with van der Waals surface area (Å²) in [6.07, 6.45) is 0. The van der Waals surface area contributed by atoms with Crippen LogP contribution in [0, 0.1) is 0 Å². The van der Waals surface area contributed by atoms with E-state index in [1.165, 1.54) is 0 Å². The van der Waals surface area contributed by atoms with E-state index in [0.717, 1.165) is 0 Å². The van der Waals surface area contributed by atoms with Crippen LogP contribution in [0.4, 0.5) is 0 Å². The normalized spacial score (nSPS) is 0. The van der Waals surface area contributed by atoms with Crippen molar-refractivity contribution in [2.24, 2.45) is 0 Å². The number of hydrogen-bond acceptors (Lipinski definition) is 0. The summed E-state index contributed by atoms with van der Waals surface area (Å²) in [4.78, 5) is 0. The molecule has 2 radical (unpaired) electrons. The summed E-state index contributed by atoms with van der Waals surface area (Å²) in [7, 11) is 0. The summed E-state index contributed by atoms with van der Waals surface area (Å²) >= 11 is 0. The number of rotatable bonds is 0. The summed E-state index contributed by atoms with van der Waals surface area (Å²) in [6.45, 7) is 0. The van der Waals surface area contributed by atoms with Gasteiger partial charge in [0.15, 0.2) is 0 Å². The van der Waals surface area contributed by atoms with Crippen molar-refractivity contribution in [2.45, 2.75) is 0 Å². The third-order valence-electron chi connectivity index (χ3n) is 0. The largest absolute Gasteiger partial charge is 4.00 e. The summed E-state index contributed by atoms with van der Waals surface area (Å²) in [5.74, 6) is 0. The first-order valence-corrected chi connectivity index (χ1v) is 0. The van der Waals surface area contributed by atoms with Gasteiger partial charge in [-0.1, -0.05) is 0 Å². The van der Waals surface area contributed by atoms with Gasteiger partial charge in [-0.25, -0.2) is 0 Å². The first-order chi connectivity index (χ1) is 0. The predicted molar refractivity (Wildman–Crippen MR) is 8.52 cm³/mol. The van der Waals surface area contributed by atoms with Crippen molar-refractivity contribution < 1.29 is 83.0 Å². The molecule has 0 aliphatic heterocycles. The molecule has 0 aromatic rings. The Morgan fingerprint density at radius 3 is 0.857 bits per heavy atom. The predicted octanol–water partition coefficient (Wildman–Crippen LogP) is -0.896. The Balaban J connectivity index is 0. The van der Waals surface area contributed by atoms with Gasteiger partial charge < -0.3 is 11.0 Å². The van der Waals surface area contributed by atoms with Crippen LogP contribution >= 0.6 is 0 Å². The molecule has 0 N–H and O–H groups in total. The fourth-order valence-corrected chi connectivity index (χ4v) is 0. The minimum atomic E-state index is 0. The van der Waals surface area contributed by atoms with Gasteiger partial charge in [0.2, 0.25) is 0 Å². The topological polar surface area (TPSA) is 57.0 Å². The fourth-order valence-electron chi connectivity index (χ4n) is 0. The van der Waals surface area contributed by atoms with Gasteiger partial charge in [-0.3, -0.25) is 0 Å². The monoisotopic (exact) mass is 260 g/mol. The molecule has 2 nitrogen and oxygen atoms in total. The summed E-state index contributed by atoms with van der Waals surface area (Å²) in [5, 5.41) is 0. The molecule has 0 saturated heterocycles. The van der Waals surface area contributed by atoms with Crippen LogP contribution in [0.2, 0.25) is 0 Å². The van der Waals surface area contributed by atoms with Crippen LogP contribution in [0.3, 0.4) is 0 Å². The zero-order valence-corrected chi connectivity index (χ0v) is 7.11. The second kappa shape index (κ2) is 69.5. The minimum Gasteiger partial charge on any atom is -2.00 e. The Labute approximate surface area is 101 Å². The van der Waals surface area contributed by atoms with Crippen molar-refractivity contribution in [1.82, 2.24) is 0 Å². The van der Waals surface area contributed by atoms with E-state index in [0.29, 0.717) is 0 Å². The van der Waals surface area contributed by atoms with Gasteiger partial charge in [0, 0.05) is 50.3 Å². The smallest absolute Gasteiger partial charge is 2.00 e. The summed E-state index contributed by atoms with van der Waals surface area (Å²) in [5.41, 5.74) is 0. The van der Waals surface area contributed by atoms with Gasteiger partial charge in [-0.15, -0.1) is 0 Å². The summed E-state index contributed by atoms with van der Waals surface area (Å²) < 4.78 is 0. The van der Waals surface area contributed by atoms with Crippen LogP contribution in [0.15, 0.2) is 0 Å². The fraction of sp³-hybridized carbons (Fsp3) is 0. The Bertz CT molecular complexity index is 17.7. The molecule has 0 aliphatic carbocycles. The van der Waals surface area contributed by atoms with E-state index in [-0.39, 0.29) is 102 Å². The molecular weight excluding hydrogens is 259 g/mol. The zero-order valence-electron chi connectivity index (χ0n) is 2.34. The Morgan fingerprint density at radius 1 is 0.857 bits per heavy atom. The van der Waals surface area contributed by atoms with E-state index in [4.69, 9.17) is 0 Å². The first kappa shape index (κ1) is 98.7. The Hall–Kier alpha value is 2.75. The molecule has 44 valence electrons. The quantitative estimate of drug-likeness (QED) is 0.507. The second-order valence-electron chi connectivity index (χ2n) is 0. The molecule has 0 aromatic heterocycles. The van der Waals surface area contributed by atoms with Crippen molar-refractivity contribution >= 4 is 18.9 Å². The molecule has 0 saturated carbocycles. The molecule has 0 bridgehead atoms. The second-order valence-corrected chi connectivity index (χ2v) is 0. The third kappa shape index (κ3) is 52.7. The molecule has 7 heavy (non-hydrogen) atoms. The molecule has 0 aromatic carbocycles. The van der Waals surface area contributed by atoms with E-state index >= 15 is 0 Å². The van der Waals surface area contributed by atoms with E-state index in [9.17, 15) is 0 Å². The van der Waals surface area contributed by atoms with E-state index in [1.807, 2.05) is 0 Å². The van der Waals surface area contributed by atoms with Crippen LogP contribution < -0.4 is 0 Å². The van der Waals surface area contributed by atoms with Gasteiger partial charge in [0.05, 0.1) is 0 Å². The van der Waals surface area contributed by atoms with Crippen LogP contribution in [-0.2, 0) is 83.0 Å². The minimum absolute atomic E-state index is 0. The first-order valence-electron chi connectivity index (χ1n) is 0. The van der Waals surface area contributed by atoms with Gasteiger partial charge in [0.25, 0.3) is 0 Å². The van der Waals surface area contributed by atoms with E-state index in [1.54, 1.807) is 0 Å². The molecular formula is HCoLiMnNiO2Ti. The standard InChI is InChI=1S/Co.Li.Mn.Ni.2O.Ti.H/q;;;;2*-2;+4;. The van der Waals surface area contributed by atoms with Crippen molar-refractivity contribution in [1.29, 1.82) is 0 Å². The maximum atomic E-state index is 0. The molecule has 0 fully saturated rings. The van der Waals surface area contributed by atoms with Crippen molar-refractivity contribution in [2.75, 3.05) is 0 Å². The average molecular weight is 260 g/mol. The molecule has 0 aliphatic rings. The maximum absolute atomic E-state index is 0. The van der Waals surface area contributed by atoms with Crippen LogP contribution in [0.25, 0.3) is 0 Å². The van der Waals surface area contributed by atoms with Gasteiger partial charge in [-0.05, 0) is 0 Å². The van der Waals surface area contributed by atoms with Gasteiger partial charge in [-0.2, -0.15) is 0 Å². The van der Waals surface area contributed by atoms with Gasteiger partial charge in [0.1, 0.15) is 0 Å². The van der Waals surface area contributed by atoms with Crippen LogP contribution in [0.1, 0.15) is 0 Å². The molecule has 0 atom stereocenters. The van der Waals surface area contributed by atoms with Crippen LogP contribution in [-0.4, -0.2) is 18.9 Å². The molecule has 0 heterocycles. The van der Waals surface area contributed by atoms with Gasteiger partial charge >= 0.3 is 40.6 Å². The van der Waals surface area contributed by atoms with Crippen molar-refractivity contribution in [3.63, 3.8) is 0 Å². The van der Waals surface area contributed by atoms with E-state index in [2.05, 4.69) is 0 Å². The van der Waals surface area contributed by atoms with Crippen molar-refractivity contribution in [3.05, 3.63) is 0 Å². The van der Waals surface area contributed by atoms with Crippen LogP contribution in [0.5, 0.6) is 0 Å². The Morgan fingerprint density at radius 2 is 0.857 bits per heavy atom. The SMILES string of the molecule is [Co].[LiH].[Mn].[Ni].[O-2].[O-2].[Ti+4]. The van der Waals surface area contributed by atoms with E-state index < -0.39 is 0 Å². The molecule has 0 unspecified atom stereocenters. The molecule has 7 heteroatoms. The average Bonchev–Trinajstić information content (AvgIpc) is 0.